The standard InChI is InChI=1S/C22H30N6O/c1-17-13-19(29-12-11-27-9-7-26(2)8-10-27)16-28(15-17)20-4-3-18(14-23)21-22(20)25-6-5-24-21/h3-6,17,19H,7-13,15-16H2,1-2H3/t17-,19+/m1/s1. The van der Waals surface area contributed by atoms with Crippen LogP contribution in [0.1, 0.15) is 18.9 Å². The molecule has 29 heavy (non-hydrogen) atoms. The number of hydrogen-bond donors (Lipinski definition) is 0. The van der Waals surface area contributed by atoms with Gasteiger partial charge < -0.3 is 14.5 Å². The van der Waals surface area contributed by atoms with E-state index in [1.807, 2.05) is 12.1 Å². The molecule has 0 unspecified atom stereocenters. The molecule has 1 aromatic heterocycles. The summed E-state index contributed by atoms with van der Waals surface area (Å²) in [6.07, 6.45) is 4.65. The van der Waals surface area contributed by atoms with Gasteiger partial charge in [0, 0.05) is 58.2 Å². The van der Waals surface area contributed by atoms with Crippen LogP contribution in [-0.4, -0.2) is 85.3 Å². The Balaban J connectivity index is 1.42. The van der Waals surface area contributed by atoms with Gasteiger partial charge in [0.05, 0.1) is 24.0 Å². The zero-order chi connectivity index (χ0) is 20.2. The van der Waals surface area contributed by atoms with Gasteiger partial charge in [-0.05, 0) is 31.5 Å². The zero-order valence-electron chi connectivity index (χ0n) is 17.4. The first-order chi connectivity index (χ1) is 14.1. The molecule has 0 amide bonds. The van der Waals surface area contributed by atoms with E-state index < -0.39 is 0 Å². The minimum atomic E-state index is 0.216. The van der Waals surface area contributed by atoms with E-state index in [0.717, 1.165) is 70.0 Å². The number of likely N-dealkylation sites (N-methyl/N-ethyl adjacent to an activating group) is 1. The summed E-state index contributed by atoms with van der Waals surface area (Å²) in [7, 11) is 2.18. The van der Waals surface area contributed by atoms with Gasteiger partial charge in [-0.15, -0.1) is 0 Å². The van der Waals surface area contributed by atoms with E-state index in [4.69, 9.17) is 4.74 Å². The molecular formula is C22H30N6O. The molecule has 0 spiro atoms. The lowest BCUT2D eigenvalue weighted by Gasteiger charge is -2.38. The fourth-order valence-electron chi connectivity index (χ4n) is 4.42. The van der Waals surface area contributed by atoms with Crippen molar-refractivity contribution in [2.24, 2.45) is 5.92 Å². The van der Waals surface area contributed by atoms with Crippen molar-refractivity contribution in [1.29, 1.82) is 5.26 Å². The highest BCUT2D eigenvalue weighted by atomic mass is 16.5. The number of piperidine rings is 1. The van der Waals surface area contributed by atoms with Crippen LogP contribution in [0.5, 0.6) is 0 Å². The molecular weight excluding hydrogens is 364 g/mol. The number of piperazine rings is 1. The average Bonchev–Trinajstić information content (AvgIpc) is 2.74. The van der Waals surface area contributed by atoms with Crippen molar-refractivity contribution in [3.05, 3.63) is 30.1 Å². The molecule has 0 aliphatic carbocycles. The Labute approximate surface area is 172 Å². The second-order valence-corrected chi connectivity index (χ2v) is 8.38. The highest BCUT2D eigenvalue weighted by Crippen LogP contribution is 2.30. The number of anilines is 1. The van der Waals surface area contributed by atoms with Gasteiger partial charge in [0.2, 0.25) is 0 Å². The molecule has 0 saturated carbocycles. The second kappa shape index (κ2) is 9.04. The number of aromatic nitrogens is 2. The number of nitrogens with zero attached hydrogens (tertiary/aromatic N) is 6. The third-order valence-corrected chi connectivity index (χ3v) is 6.04. The monoisotopic (exact) mass is 394 g/mol. The molecule has 2 aliphatic heterocycles. The first-order valence-electron chi connectivity index (χ1n) is 10.6. The van der Waals surface area contributed by atoms with E-state index in [2.05, 4.69) is 44.7 Å². The van der Waals surface area contributed by atoms with E-state index in [1.165, 1.54) is 0 Å². The Bertz CT molecular complexity index is 873. The SMILES string of the molecule is C[C@@H]1C[C@H](OCCN2CCN(C)CC2)CN(c2ccc(C#N)c3nccnc23)C1. The van der Waals surface area contributed by atoms with Crippen molar-refractivity contribution in [1.82, 2.24) is 19.8 Å². The van der Waals surface area contributed by atoms with Crippen molar-refractivity contribution in [2.45, 2.75) is 19.4 Å². The van der Waals surface area contributed by atoms with Gasteiger partial charge in [-0.3, -0.25) is 14.9 Å². The number of nitriles is 1. The lowest BCUT2D eigenvalue weighted by molar-refractivity contribution is 0.0141. The fourth-order valence-corrected chi connectivity index (χ4v) is 4.42. The first-order valence-corrected chi connectivity index (χ1v) is 10.6. The van der Waals surface area contributed by atoms with Crippen LogP contribution in [-0.2, 0) is 4.74 Å². The van der Waals surface area contributed by atoms with Crippen LogP contribution in [0, 0.1) is 17.2 Å². The Hall–Kier alpha value is -2.27. The van der Waals surface area contributed by atoms with Gasteiger partial charge >= 0.3 is 0 Å². The highest BCUT2D eigenvalue weighted by molar-refractivity contribution is 5.92. The molecule has 1 aromatic carbocycles. The minimum absolute atomic E-state index is 0.216. The third-order valence-electron chi connectivity index (χ3n) is 6.04. The van der Waals surface area contributed by atoms with Crippen LogP contribution in [0.2, 0.25) is 0 Å². The van der Waals surface area contributed by atoms with Gasteiger partial charge in [0.1, 0.15) is 17.1 Å². The lowest BCUT2D eigenvalue weighted by Crippen LogP contribution is -2.47. The summed E-state index contributed by atoms with van der Waals surface area (Å²) in [5.74, 6) is 0.541. The summed E-state index contributed by atoms with van der Waals surface area (Å²) in [5, 5.41) is 9.38. The smallest absolute Gasteiger partial charge is 0.113 e. The van der Waals surface area contributed by atoms with Crippen molar-refractivity contribution >= 4 is 16.7 Å². The topological polar surface area (TPSA) is 68.5 Å². The van der Waals surface area contributed by atoms with Crippen LogP contribution in [0.4, 0.5) is 5.69 Å². The van der Waals surface area contributed by atoms with E-state index in [-0.39, 0.29) is 6.10 Å². The van der Waals surface area contributed by atoms with Crippen LogP contribution in [0.25, 0.3) is 11.0 Å². The van der Waals surface area contributed by atoms with Gasteiger partial charge in [-0.2, -0.15) is 5.26 Å². The number of rotatable bonds is 5. The number of hydrogen-bond acceptors (Lipinski definition) is 7. The van der Waals surface area contributed by atoms with Crippen LogP contribution >= 0.6 is 0 Å². The van der Waals surface area contributed by atoms with Crippen LogP contribution in [0.15, 0.2) is 24.5 Å². The molecule has 7 heteroatoms. The molecule has 4 rings (SSSR count). The maximum Gasteiger partial charge on any atom is 0.113 e. The summed E-state index contributed by atoms with van der Waals surface area (Å²) < 4.78 is 6.31. The Morgan fingerprint density at radius 1 is 1.10 bits per heavy atom. The summed E-state index contributed by atoms with van der Waals surface area (Å²) in [6.45, 7) is 10.4. The van der Waals surface area contributed by atoms with Gasteiger partial charge in [-0.25, -0.2) is 0 Å². The van der Waals surface area contributed by atoms with Crippen LogP contribution < -0.4 is 4.90 Å². The molecule has 2 fully saturated rings. The van der Waals surface area contributed by atoms with Gasteiger partial charge in [0.15, 0.2) is 0 Å². The number of ether oxygens (including phenoxy) is 1. The first kappa shape index (κ1) is 20.0. The minimum Gasteiger partial charge on any atom is -0.375 e. The Morgan fingerprint density at radius 2 is 1.86 bits per heavy atom. The van der Waals surface area contributed by atoms with Crippen LogP contribution in [0.3, 0.4) is 0 Å². The van der Waals surface area contributed by atoms with E-state index in [0.29, 0.717) is 17.0 Å². The highest BCUT2D eigenvalue weighted by Gasteiger charge is 2.27. The molecule has 2 atom stereocenters. The Kier molecular flexibility index (Phi) is 6.24. The van der Waals surface area contributed by atoms with Crippen molar-refractivity contribution in [3.63, 3.8) is 0 Å². The largest absolute Gasteiger partial charge is 0.375 e. The predicted molar refractivity (Wildman–Crippen MR) is 114 cm³/mol. The summed E-state index contributed by atoms with van der Waals surface area (Å²) >= 11 is 0. The zero-order valence-corrected chi connectivity index (χ0v) is 17.4. The molecule has 0 bridgehead atoms. The van der Waals surface area contributed by atoms with E-state index >= 15 is 0 Å². The van der Waals surface area contributed by atoms with E-state index in [1.54, 1.807) is 12.4 Å². The summed E-state index contributed by atoms with van der Waals surface area (Å²) in [5.41, 5.74) is 3.10. The normalized spacial score (nSPS) is 24.0. The van der Waals surface area contributed by atoms with Crippen molar-refractivity contribution in [3.8, 4) is 6.07 Å². The van der Waals surface area contributed by atoms with Crippen molar-refractivity contribution < 1.29 is 4.74 Å². The maximum atomic E-state index is 9.38. The number of benzene rings is 1. The van der Waals surface area contributed by atoms with Gasteiger partial charge in [-0.1, -0.05) is 6.92 Å². The fraction of sp³-hybridized carbons (Fsp3) is 0.591. The molecule has 0 N–H and O–H groups in total. The average molecular weight is 395 g/mol. The van der Waals surface area contributed by atoms with E-state index in [9.17, 15) is 5.26 Å². The second-order valence-electron chi connectivity index (χ2n) is 8.38. The molecule has 2 saturated heterocycles. The molecule has 154 valence electrons. The lowest BCUT2D eigenvalue weighted by atomic mass is 9.96. The predicted octanol–water partition coefficient (Wildman–Crippen LogP) is 1.98. The Morgan fingerprint density at radius 3 is 2.62 bits per heavy atom. The van der Waals surface area contributed by atoms with Gasteiger partial charge in [0.25, 0.3) is 0 Å². The summed E-state index contributed by atoms with van der Waals surface area (Å²) in [6, 6.07) is 6.09. The third kappa shape index (κ3) is 4.67. The molecule has 0 radical (unpaired) electrons. The molecule has 2 aromatic rings. The summed E-state index contributed by atoms with van der Waals surface area (Å²) in [4.78, 5) is 16.2. The molecule has 2 aliphatic rings. The molecule has 3 heterocycles. The quantitative estimate of drug-likeness (QED) is 0.768. The maximum absolute atomic E-state index is 9.38. The number of fused-ring (bicyclic) bond motifs is 1. The van der Waals surface area contributed by atoms with Crippen molar-refractivity contribution in [2.75, 3.05) is 64.4 Å². The molecule has 7 nitrogen and oxygen atoms in total.